The molecule has 0 atom stereocenters. The summed E-state index contributed by atoms with van der Waals surface area (Å²) in [5.74, 6) is -1.11. The summed E-state index contributed by atoms with van der Waals surface area (Å²) in [6, 6.07) is 21.3. The number of hydrogen-bond acceptors (Lipinski definition) is 4. The van der Waals surface area contributed by atoms with Gasteiger partial charge in [0.1, 0.15) is 18.2 Å². The van der Waals surface area contributed by atoms with Gasteiger partial charge in [0.2, 0.25) is 0 Å². The van der Waals surface area contributed by atoms with Crippen molar-refractivity contribution in [3.05, 3.63) is 113 Å². The molecule has 35 heavy (non-hydrogen) atoms. The highest BCUT2D eigenvalue weighted by atomic mass is 19.1. The molecule has 0 bridgehead atoms. The Bertz CT molecular complexity index is 1370. The fourth-order valence-electron chi connectivity index (χ4n) is 3.93. The summed E-state index contributed by atoms with van der Waals surface area (Å²) < 4.78 is 33.9. The van der Waals surface area contributed by atoms with Gasteiger partial charge in [0.25, 0.3) is 0 Å². The molecule has 1 heterocycles. The Morgan fingerprint density at radius 3 is 2.20 bits per heavy atom. The molecule has 3 aromatic carbocycles. The SMILES string of the molecule is COC(=O)c1ccccc1CO/N=C(/C)c1cc(-c2ccc(F)cc2)n(-c2ccc(F)cc2)c1C. The van der Waals surface area contributed by atoms with Crippen molar-refractivity contribution in [3.8, 4) is 16.9 Å². The topological polar surface area (TPSA) is 52.8 Å². The number of carbonyl (C=O) groups excluding carboxylic acids is 1. The monoisotopic (exact) mass is 474 g/mol. The highest BCUT2D eigenvalue weighted by Gasteiger charge is 2.18. The van der Waals surface area contributed by atoms with Gasteiger partial charge in [-0.25, -0.2) is 13.6 Å². The van der Waals surface area contributed by atoms with Crippen LogP contribution in [0, 0.1) is 18.6 Å². The summed E-state index contributed by atoms with van der Waals surface area (Å²) in [6.45, 7) is 3.83. The van der Waals surface area contributed by atoms with Crippen molar-refractivity contribution in [1.29, 1.82) is 0 Å². The highest BCUT2D eigenvalue weighted by molar-refractivity contribution is 6.01. The first-order valence-electron chi connectivity index (χ1n) is 11.0. The summed E-state index contributed by atoms with van der Waals surface area (Å²) in [4.78, 5) is 17.6. The van der Waals surface area contributed by atoms with Crippen LogP contribution < -0.4 is 0 Å². The Kier molecular flexibility index (Phi) is 7.06. The van der Waals surface area contributed by atoms with Gasteiger partial charge in [0.15, 0.2) is 0 Å². The van der Waals surface area contributed by atoms with Gasteiger partial charge < -0.3 is 14.1 Å². The smallest absolute Gasteiger partial charge is 0.338 e. The third-order valence-corrected chi connectivity index (χ3v) is 5.71. The number of rotatable bonds is 7. The second-order valence-electron chi connectivity index (χ2n) is 7.95. The van der Waals surface area contributed by atoms with Crippen LogP contribution in [0.4, 0.5) is 8.78 Å². The number of halogens is 2. The van der Waals surface area contributed by atoms with Crippen molar-refractivity contribution in [1.82, 2.24) is 4.57 Å². The number of benzene rings is 3. The van der Waals surface area contributed by atoms with Crippen LogP contribution in [0.1, 0.15) is 34.1 Å². The first-order valence-corrected chi connectivity index (χ1v) is 11.0. The molecular formula is C28H24F2N2O3. The van der Waals surface area contributed by atoms with Crippen molar-refractivity contribution in [3.63, 3.8) is 0 Å². The Labute approximate surface area is 202 Å². The van der Waals surface area contributed by atoms with Crippen LogP contribution in [0.25, 0.3) is 16.9 Å². The maximum atomic E-state index is 13.6. The number of carbonyl (C=O) groups is 1. The molecule has 0 fully saturated rings. The van der Waals surface area contributed by atoms with Crippen LogP contribution in [-0.4, -0.2) is 23.4 Å². The molecule has 4 aromatic rings. The van der Waals surface area contributed by atoms with Crippen LogP contribution in [-0.2, 0) is 16.2 Å². The van der Waals surface area contributed by atoms with E-state index in [2.05, 4.69) is 5.16 Å². The second kappa shape index (κ2) is 10.3. The molecule has 4 rings (SSSR count). The predicted octanol–water partition coefficient (Wildman–Crippen LogP) is 6.46. The van der Waals surface area contributed by atoms with Crippen molar-refractivity contribution in [2.45, 2.75) is 20.5 Å². The minimum atomic E-state index is -0.443. The van der Waals surface area contributed by atoms with E-state index >= 15 is 0 Å². The average Bonchev–Trinajstić information content (AvgIpc) is 3.21. The zero-order valence-electron chi connectivity index (χ0n) is 19.6. The van der Waals surface area contributed by atoms with Gasteiger partial charge in [-0.3, -0.25) is 0 Å². The van der Waals surface area contributed by atoms with E-state index < -0.39 is 5.97 Å². The van der Waals surface area contributed by atoms with Gasteiger partial charge in [-0.2, -0.15) is 0 Å². The van der Waals surface area contributed by atoms with Gasteiger partial charge in [0.05, 0.1) is 24.1 Å². The van der Waals surface area contributed by atoms with E-state index in [4.69, 9.17) is 9.57 Å². The molecule has 0 unspecified atom stereocenters. The molecule has 1 aromatic heterocycles. The molecule has 0 aliphatic heterocycles. The Morgan fingerprint density at radius 1 is 0.914 bits per heavy atom. The van der Waals surface area contributed by atoms with Crippen LogP contribution >= 0.6 is 0 Å². The molecule has 0 amide bonds. The lowest BCUT2D eigenvalue weighted by atomic mass is 10.1. The van der Waals surface area contributed by atoms with E-state index in [1.165, 1.54) is 31.4 Å². The van der Waals surface area contributed by atoms with Crippen molar-refractivity contribution >= 4 is 11.7 Å². The summed E-state index contributed by atoms with van der Waals surface area (Å²) in [7, 11) is 1.33. The number of ether oxygens (including phenoxy) is 1. The Morgan fingerprint density at radius 2 is 1.54 bits per heavy atom. The molecule has 0 saturated heterocycles. The Hall–Kier alpha value is -4.26. The van der Waals surface area contributed by atoms with Gasteiger partial charge in [0, 0.05) is 22.5 Å². The summed E-state index contributed by atoms with van der Waals surface area (Å²) >= 11 is 0. The fourth-order valence-corrected chi connectivity index (χ4v) is 3.93. The number of hydrogen-bond donors (Lipinski definition) is 0. The molecule has 0 saturated carbocycles. The molecule has 0 spiro atoms. The zero-order chi connectivity index (χ0) is 24.9. The summed E-state index contributed by atoms with van der Waals surface area (Å²) in [5, 5.41) is 4.28. The van der Waals surface area contributed by atoms with Crippen LogP contribution in [0.2, 0.25) is 0 Å². The van der Waals surface area contributed by atoms with E-state index in [-0.39, 0.29) is 18.2 Å². The molecule has 5 nitrogen and oxygen atoms in total. The molecular weight excluding hydrogens is 450 g/mol. The van der Waals surface area contributed by atoms with E-state index in [0.717, 1.165) is 28.2 Å². The van der Waals surface area contributed by atoms with Gasteiger partial charge in [-0.05, 0) is 80.1 Å². The Balaban J connectivity index is 1.69. The van der Waals surface area contributed by atoms with Gasteiger partial charge in [-0.15, -0.1) is 0 Å². The quantitative estimate of drug-likeness (QED) is 0.176. The third kappa shape index (κ3) is 5.14. The maximum Gasteiger partial charge on any atom is 0.338 e. The lowest BCUT2D eigenvalue weighted by Gasteiger charge is -2.12. The lowest BCUT2D eigenvalue weighted by molar-refractivity contribution is 0.0593. The van der Waals surface area contributed by atoms with Crippen LogP contribution in [0.5, 0.6) is 0 Å². The van der Waals surface area contributed by atoms with Crippen LogP contribution in [0.15, 0.2) is 84.0 Å². The summed E-state index contributed by atoms with van der Waals surface area (Å²) in [5.41, 5.74) is 5.72. The first-order chi connectivity index (χ1) is 16.9. The number of aromatic nitrogens is 1. The molecule has 0 N–H and O–H groups in total. The van der Waals surface area contributed by atoms with E-state index in [9.17, 15) is 13.6 Å². The lowest BCUT2D eigenvalue weighted by Crippen LogP contribution is -2.06. The third-order valence-electron chi connectivity index (χ3n) is 5.71. The van der Waals surface area contributed by atoms with E-state index in [1.807, 2.05) is 30.5 Å². The minimum absolute atomic E-state index is 0.0884. The minimum Gasteiger partial charge on any atom is -0.465 e. The molecule has 0 aliphatic carbocycles. The maximum absolute atomic E-state index is 13.6. The molecule has 0 radical (unpaired) electrons. The average molecular weight is 475 g/mol. The van der Waals surface area contributed by atoms with Crippen molar-refractivity contribution in [2.24, 2.45) is 5.16 Å². The largest absolute Gasteiger partial charge is 0.465 e. The van der Waals surface area contributed by atoms with Crippen molar-refractivity contribution in [2.75, 3.05) is 7.11 Å². The van der Waals surface area contributed by atoms with Crippen LogP contribution in [0.3, 0.4) is 0 Å². The standard InChI is InChI=1S/C28H24F2N2O3/c1-18(31-35-17-21-6-4-5-7-25(21)28(33)34-3)26-16-27(20-8-10-22(29)11-9-20)32(19(26)2)24-14-12-23(30)13-15-24/h4-16H,17H2,1-3H3/b31-18-. The fraction of sp³-hybridized carbons (Fsp3) is 0.143. The number of nitrogens with zero attached hydrogens (tertiary/aromatic N) is 2. The zero-order valence-corrected chi connectivity index (χ0v) is 19.6. The van der Waals surface area contributed by atoms with Gasteiger partial charge >= 0.3 is 5.97 Å². The molecule has 0 aliphatic rings. The van der Waals surface area contributed by atoms with Crippen molar-refractivity contribution < 1.29 is 23.1 Å². The number of methoxy groups -OCH3 is 1. The molecule has 7 heteroatoms. The van der Waals surface area contributed by atoms with E-state index in [1.54, 1.807) is 42.5 Å². The van der Waals surface area contributed by atoms with E-state index in [0.29, 0.717) is 16.8 Å². The molecule has 178 valence electrons. The highest BCUT2D eigenvalue weighted by Crippen LogP contribution is 2.30. The van der Waals surface area contributed by atoms with Gasteiger partial charge in [-0.1, -0.05) is 23.4 Å². The normalized spacial score (nSPS) is 11.4. The predicted molar refractivity (Wildman–Crippen MR) is 131 cm³/mol. The number of oxime groups is 1. The summed E-state index contributed by atoms with van der Waals surface area (Å²) in [6.07, 6.45) is 0. The number of esters is 1. The second-order valence-corrected chi connectivity index (χ2v) is 7.95. The first kappa shape index (κ1) is 23.9.